The molecule has 0 spiro atoms. The minimum Gasteiger partial charge on any atom is -0.416 e. The largest absolute Gasteiger partial charge is 0.416 e. The SMILES string of the molecule is c1ccc(-c2nnc(-c3ccc(-c4ccc(-c5nc6cc(-c7ccccc7)c(-c7ccccc7)cc6nc5-c5ccccc5)cc4)cc3)o2)cc1. The van der Waals surface area contributed by atoms with Crippen molar-refractivity contribution in [2.45, 2.75) is 0 Å². The first-order valence-corrected chi connectivity index (χ1v) is 16.9. The number of aromatic nitrogens is 4. The van der Waals surface area contributed by atoms with E-state index in [0.717, 1.165) is 78.1 Å². The highest BCUT2D eigenvalue weighted by Crippen LogP contribution is 2.38. The summed E-state index contributed by atoms with van der Waals surface area (Å²) >= 11 is 0. The normalized spacial score (nSPS) is 11.1. The number of nitrogens with zero attached hydrogens (tertiary/aromatic N) is 4. The third kappa shape index (κ3) is 5.98. The third-order valence-corrected chi connectivity index (χ3v) is 9.09. The van der Waals surface area contributed by atoms with Gasteiger partial charge in [-0.05, 0) is 69.8 Å². The van der Waals surface area contributed by atoms with Crippen LogP contribution in [0.4, 0.5) is 0 Å². The van der Waals surface area contributed by atoms with Gasteiger partial charge in [0.15, 0.2) is 0 Å². The average Bonchev–Trinajstić information content (AvgIpc) is 3.72. The molecule has 5 nitrogen and oxygen atoms in total. The lowest BCUT2D eigenvalue weighted by Gasteiger charge is -2.15. The molecule has 2 aromatic heterocycles. The van der Waals surface area contributed by atoms with E-state index in [0.29, 0.717) is 11.8 Å². The van der Waals surface area contributed by atoms with Crippen LogP contribution in [0.15, 0.2) is 186 Å². The molecule has 240 valence electrons. The summed E-state index contributed by atoms with van der Waals surface area (Å²) in [6.45, 7) is 0. The lowest BCUT2D eigenvalue weighted by molar-refractivity contribution is 0.584. The Hall–Kier alpha value is -6.98. The smallest absolute Gasteiger partial charge is 0.248 e. The molecule has 51 heavy (non-hydrogen) atoms. The minimum absolute atomic E-state index is 0.491. The maximum Gasteiger partial charge on any atom is 0.248 e. The van der Waals surface area contributed by atoms with Crippen molar-refractivity contribution in [3.8, 4) is 78.8 Å². The summed E-state index contributed by atoms with van der Waals surface area (Å²) in [6.07, 6.45) is 0. The van der Waals surface area contributed by atoms with Crippen molar-refractivity contribution in [2.75, 3.05) is 0 Å². The van der Waals surface area contributed by atoms with Gasteiger partial charge in [-0.1, -0.05) is 146 Å². The molecule has 0 aliphatic rings. The van der Waals surface area contributed by atoms with Gasteiger partial charge in [-0.3, -0.25) is 0 Å². The fourth-order valence-corrected chi connectivity index (χ4v) is 6.48. The number of benzene rings is 7. The zero-order chi connectivity index (χ0) is 34.0. The van der Waals surface area contributed by atoms with Crippen LogP contribution in [0, 0.1) is 0 Å². The average molecular weight is 655 g/mol. The van der Waals surface area contributed by atoms with Crippen LogP contribution in [-0.2, 0) is 0 Å². The highest BCUT2D eigenvalue weighted by molar-refractivity contribution is 5.96. The standard InChI is InChI=1S/C46H30N4O/c1-5-13-33(14-6-1)39-29-41-42(30-40(39)34-15-7-2-8-16-34)48-44(43(47-41)35-17-9-3-10-18-35)36-25-21-31(22-26-36)32-23-27-38(28-24-32)46-50-49-45(51-46)37-19-11-4-12-20-37/h1-30H. The first-order chi connectivity index (χ1) is 25.3. The van der Waals surface area contributed by atoms with Crippen LogP contribution in [0.25, 0.3) is 89.8 Å². The quantitative estimate of drug-likeness (QED) is 0.171. The second-order valence-corrected chi connectivity index (χ2v) is 12.3. The van der Waals surface area contributed by atoms with Crippen LogP contribution in [0.2, 0.25) is 0 Å². The van der Waals surface area contributed by atoms with E-state index >= 15 is 0 Å². The lowest BCUT2D eigenvalue weighted by atomic mass is 9.93. The second-order valence-electron chi connectivity index (χ2n) is 12.3. The van der Waals surface area contributed by atoms with Gasteiger partial charge in [0.1, 0.15) is 0 Å². The van der Waals surface area contributed by atoms with Gasteiger partial charge in [-0.15, -0.1) is 10.2 Å². The van der Waals surface area contributed by atoms with Gasteiger partial charge in [0.05, 0.1) is 22.4 Å². The number of hydrogen-bond acceptors (Lipinski definition) is 5. The van der Waals surface area contributed by atoms with Crippen molar-refractivity contribution in [2.24, 2.45) is 0 Å². The highest BCUT2D eigenvalue weighted by atomic mass is 16.4. The second kappa shape index (κ2) is 13.1. The molecule has 0 amide bonds. The maximum absolute atomic E-state index is 5.97. The molecule has 0 atom stereocenters. The molecule has 0 aliphatic heterocycles. The highest BCUT2D eigenvalue weighted by Gasteiger charge is 2.17. The Bertz CT molecular complexity index is 2590. The van der Waals surface area contributed by atoms with Gasteiger partial charge < -0.3 is 4.42 Å². The van der Waals surface area contributed by atoms with Crippen molar-refractivity contribution in [3.63, 3.8) is 0 Å². The van der Waals surface area contributed by atoms with Crippen molar-refractivity contribution in [3.05, 3.63) is 182 Å². The summed E-state index contributed by atoms with van der Waals surface area (Å²) in [5.41, 5.74) is 13.9. The Labute approximate surface area is 295 Å². The number of rotatable bonds is 7. The van der Waals surface area contributed by atoms with Crippen LogP contribution in [-0.4, -0.2) is 20.2 Å². The molecule has 0 N–H and O–H groups in total. The monoisotopic (exact) mass is 654 g/mol. The van der Waals surface area contributed by atoms with Crippen molar-refractivity contribution < 1.29 is 4.42 Å². The fraction of sp³-hybridized carbons (Fsp3) is 0. The van der Waals surface area contributed by atoms with Crippen molar-refractivity contribution in [1.29, 1.82) is 0 Å². The molecule has 0 fully saturated rings. The number of hydrogen-bond donors (Lipinski definition) is 0. The molecule has 0 saturated heterocycles. The topological polar surface area (TPSA) is 64.7 Å². The van der Waals surface area contributed by atoms with Gasteiger partial charge in [0, 0.05) is 22.3 Å². The molecule has 0 radical (unpaired) electrons. The van der Waals surface area contributed by atoms with Crippen LogP contribution < -0.4 is 0 Å². The third-order valence-electron chi connectivity index (χ3n) is 9.09. The maximum atomic E-state index is 5.97. The Kier molecular flexibility index (Phi) is 7.76. The molecule has 0 bridgehead atoms. The Balaban J connectivity index is 1.10. The van der Waals surface area contributed by atoms with E-state index in [2.05, 4.69) is 119 Å². The summed E-state index contributed by atoms with van der Waals surface area (Å²) < 4.78 is 5.97. The first-order valence-electron chi connectivity index (χ1n) is 16.9. The summed E-state index contributed by atoms with van der Waals surface area (Å²) in [5.74, 6) is 0.996. The van der Waals surface area contributed by atoms with Gasteiger partial charge in [-0.25, -0.2) is 9.97 Å². The van der Waals surface area contributed by atoms with E-state index in [-0.39, 0.29) is 0 Å². The zero-order valence-electron chi connectivity index (χ0n) is 27.5. The summed E-state index contributed by atoms with van der Waals surface area (Å²) in [6, 6.07) is 62.2. The summed E-state index contributed by atoms with van der Waals surface area (Å²) in [7, 11) is 0. The molecular formula is C46H30N4O. The van der Waals surface area contributed by atoms with E-state index in [1.807, 2.05) is 72.8 Å². The zero-order valence-corrected chi connectivity index (χ0v) is 27.5. The Morgan fingerprint density at radius 1 is 0.294 bits per heavy atom. The Morgan fingerprint density at radius 2 is 0.608 bits per heavy atom. The number of fused-ring (bicyclic) bond motifs is 1. The van der Waals surface area contributed by atoms with E-state index in [4.69, 9.17) is 14.4 Å². The fourth-order valence-electron chi connectivity index (χ4n) is 6.48. The molecule has 0 aliphatic carbocycles. The van der Waals surface area contributed by atoms with E-state index in [1.54, 1.807) is 0 Å². The molecule has 0 unspecified atom stereocenters. The van der Waals surface area contributed by atoms with Crippen LogP contribution in [0.5, 0.6) is 0 Å². The van der Waals surface area contributed by atoms with Crippen molar-refractivity contribution >= 4 is 11.0 Å². The van der Waals surface area contributed by atoms with Gasteiger partial charge in [-0.2, -0.15) is 0 Å². The first kappa shape index (κ1) is 30.1. The van der Waals surface area contributed by atoms with E-state index < -0.39 is 0 Å². The molecule has 9 aromatic rings. The molecular weight excluding hydrogens is 625 g/mol. The summed E-state index contributed by atoms with van der Waals surface area (Å²) in [4.78, 5) is 10.6. The predicted octanol–water partition coefficient (Wildman–Crippen LogP) is 11.7. The molecule has 0 saturated carbocycles. The van der Waals surface area contributed by atoms with Gasteiger partial charge in [0.2, 0.25) is 11.8 Å². The molecule has 2 heterocycles. The van der Waals surface area contributed by atoms with Crippen LogP contribution >= 0.6 is 0 Å². The predicted molar refractivity (Wildman–Crippen MR) is 205 cm³/mol. The lowest BCUT2D eigenvalue weighted by Crippen LogP contribution is -1.97. The van der Waals surface area contributed by atoms with E-state index in [9.17, 15) is 0 Å². The Morgan fingerprint density at radius 3 is 1.04 bits per heavy atom. The molecule has 5 heteroatoms. The molecule has 9 rings (SSSR count). The minimum atomic E-state index is 0.491. The summed E-state index contributed by atoms with van der Waals surface area (Å²) in [5, 5.41) is 8.52. The van der Waals surface area contributed by atoms with Crippen LogP contribution in [0.1, 0.15) is 0 Å². The van der Waals surface area contributed by atoms with Crippen LogP contribution in [0.3, 0.4) is 0 Å². The van der Waals surface area contributed by atoms with E-state index in [1.165, 1.54) is 0 Å². The van der Waals surface area contributed by atoms with Crippen molar-refractivity contribution in [1.82, 2.24) is 20.2 Å². The van der Waals surface area contributed by atoms with Gasteiger partial charge in [0.25, 0.3) is 0 Å². The van der Waals surface area contributed by atoms with Gasteiger partial charge >= 0.3 is 0 Å². The molecule has 7 aromatic carbocycles.